The van der Waals surface area contributed by atoms with Crippen molar-refractivity contribution in [1.82, 2.24) is 9.78 Å². The fourth-order valence-corrected chi connectivity index (χ4v) is 1.95. The Kier molecular flexibility index (Phi) is 4.64. The van der Waals surface area contributed by atoms with Crippen molar-refractivity contribution < 1.29 is 0 Å². The molecule has 0 aliphatic heterocycles. The van der Waals surface area contributed by atoms with Gasteiger partial charge >= 0.3 is 0 Å². The highest BCUT2D eigenvalue weighted by molar-refractivity contribution is 9.10. The van der Waals surface area contributed by atoms with Gasteiger partial charge in [0.25, 0.3) is 0 Å². The third kappa shape index (κ3) is 2.97. The molecule has 0 radical (unpaired) electrons. The fourth-order valence-electron chi connectivity index (χ4n) is 1.69. The van der Waals surface area contributed by atoms with Gasteiger partial charge in [0.15, 0.2) is 0 Å². The van der Waals surface area contributed by atoms with Gasteiger partial charge in [-0.15, -0.1) is 0 Å². The summed E-state index contributed by atoms with van der Waals surface area (Å²) in [7, 11) is 0. The second-order valence-electron chi connectivity index (χ2n) is 4.07. The van der Waals surface area contributed by atoms with Gasteiger partial charge in [-0.25, -0.2) is 4.68 Å². The van der Waals surface area contributed by atoms with Gasteiger partial charge in [-0.3, -0.25) is 0 Å². The number of nitrogens with two attached hydrogens (primary N) is 1. The van der Waals surface area contributed by atoms with Gasteiger partial charge in [0, 0.05) is 0 Å². The van der Waals surface area contributed by atoms with Gasteiger partial charge < -0.3 is 5.73 Å². The molecule has 1 unspecified atom stereocenters. The first kappa shape index (κ1) is 12.6. The molecule has 2 N–H and O–H groups in total. The Morgan fingerprint density at radius 3 is 2.60 bits per heavy atom. The van der Waals surface area contributed by atoms with E-state index in [9.17, 15) is 0 Å². The number of hydrogen-bond acceptors (Lipinski definition) is 2. The van der Waals surface area contributed by atoms with E-state index in [1.807, 2.05) is 11.6 Å². The smallest absolute Gasteiger partial charge is 0.136 e. The zero-order chi connectivity index (χ0) is 11.4. The van der Waals surface area contributed by atoms with E-state index in [1.54, 1.807) is 0 Å². The highest BCUT2D eigenvalue weighted by Crippen LogP contribution is 2.27. The Labute approximate surface area is 100 Å². The number of rotatable bonds is 5. The van der Waals surface area contributed by atoms with Crippen molar-refractivity contribution in [3.8, 4) is 0 Å². The number of unbranched alkanes of at least 4 members (excludes halogenated alkanes) is 2. The van der Waals surface area contributed by atoms with E-state index in [0.717, 1.165) is 22.4 Å². The summed E-state index contributed by atoms with van der Waals surface area (Å²) in [5.41, 5.74) is 6.93. The van der Waals surface area contributed by atoms with Crippen molar-refractivity contribution in [1.29, 1.82) is 0 Å². The van der Waals surface area contributed by atoms with Crippen molar-refractivity contribution in [3.63, 3.8) is 0 Å². The number of nitrogen functional groups attached to an aromatic ring is 1. The molecule has 1 heterocycles. The average molecular weight is 274 g/mol. The summed E-state index contributed by atoms with van der Waals surface area (Å²) in [6.45, 7) is 6.36. The number of aryl methyl sites for hydroxylation is 1. The van der Waals surface area contributed by atoms with Crippen LogP contribution in [0, 0.1) is 6.92 Å². The van der Waals surface area contributed by atoms with Gasteiger partial charge in [-0.05, 0) is 36.2 Å². The molecule has 0 bridgehead atoms. The van der Waals surface area contributed by atoms with E-state index in [1.165, 1.54) is 19.3 Å². The molecule has 0 fully saturated rings. The number of hydrogen-bond donors (Lipinski definition) is 1. The standard InChI is InChI=1S/C11H20BrN3/c1-4-5-6-7-8(2)15-11(13)10(12)9(3)14-15/h8H,4-7,13H2,1-3H3. The van der Waals surface area contributed by atoms with Crippen LogP contribution < -0.4 is 5.73 Å². The number of halogens is 1. The first-order valence-electron chi connectivity index (χ1n) is 5.58. The van der Waals surface area contributed by atoms with E-state index in [4.69, 9.17) is 5.73 Å². The maximum Gasteiger partial charge on any atom is 0.136 e. The van der Waals surface area contributed by atoms with Gasteiger partial charge in [0.05, 0.1) is 16.2 Å². The Bertz CT molecular complexity index is 320. The molecule has 0 aromatic carbocycles. The van der Waals surface area contributed by atoms with Crippen LogP contribution in [0.5, 0.6) is 0 Å². The van der Waals surface area contributed by atoms with Crippen molar-refractivity contribution in [3.05, 3.63) is 10.2 Å². The van der Waals surface area contributed by atoms with Crippen LogP contribution >= 0.6 is 15.9 Å². The lowest BCUT2D eigenvalue weighted by molar-refractivity contribution is 0.442. The van der Waals surface area contributed by atoms with Crippen LogP contribution in [0.3, 0.4) is 0 Å². The second kappa shape index (κ2) is 5.54. The Hall–Kier alpha value is -0.510. The van der Waals surface area contributed by atoms with Crippen LogP contribution in [-0.4, -0.2) is 9.78 Å². The minimum atomic E-state index is 0.390. The maximum absolute atomic E-state index is 5.96. The minimum Gasteiger partial charge on any atom is -0.383 e. The zero-order valence-corrected chi connectivity index (χ0v) is 11.3. The van der Waals surface area contributed by atoms with Gasteiger partial charge in [0.2, 0.25) is 0 Å². The topological polar surface area (TPSA) is 43.8 Å². The molecule has 4 heteroatoms. The quantitative estimate of drug-likeness (QED) is 0.832. The summed E-state index contributed by atoms with van der Waals surface area (Å²) < 4.78 is 2.86. The highest BCUT2D eigenvalue weighted by atomic mass is 79.9. The minimum absolute atomic E-state index is 0.390. The summed E-state index contributed by atoms with van der Waals surface area (Å²) in [5.74, 6) is 0.747. The number of aromatic nitrogens is 2. The molecule has 0 spiro atoms. The number of anilines is 1. The van der Waals surface area contributed by atoms with E-state index in [-0.39, 0.29) is 0 Å². The van der Waals surface area contributed by atoms with Crippen LogP contribution in [0.1, 0.15) is 51.3 Å². The predicted octanol–water partition coefficient (Wildman–Crippen LogP) is 3.68. The Morgan fingerprint density at radius 1 is 1.47 bits per heavy atom. The normalized spacial score (nSPS) is 13.1. The van der Waals surface area contributed by atoms with Crippen molar-refractivity contribution in [2.45, 2.75) is 52.5 Å². The third-order valence-electron chi connectivity index (χ3n) is 2.69. The van der Waals surface area contributed by atoms with Crippen LogP contribution in [0.15, 0.2) is 4.47 Å². The van der Waals surface area contributed by atoms with Crippen LogP contribution in [-0.2, 0) is 0 Å². The predicted molar refractivity (Wildman–Crippen MR) is 67.9 cm³/mol. The molecule has 3 nitrogen and oxygen atoms in total. The molecule has 1 atom stereocenters. The molecule has 0 saturated heterocycles. The molecule has 0 amide bonds. The average Bonchev–Trinajstić information content (AvgIpc) is 2.46. The summed E-state index contributed by atoms with van der Waals surface area (Å²) in [4.78, 5) is 0. The molecular weight excluding hydrogens is 254 g/mol. The lowest BCUT2D eigenvalue weighted by Gasteiger charge is -2.13. The summed E-state index contributed by atoms with van der Waals surface area (Å²) in [6.07, 6.45) is 4.93. The van der Waals surface area contributed by atoms with Crippen molar-refractivity contribution in [2.24, 2.45) is 0 Å². The van der Waals surface area contributed by atoms with E-state index < -0.39 is 0 Å². The molecule has 0 saturated carbocycles. The molecule has 1 aromatic heterocycles. The summed E-state index contributed by atoms with van der Waals surface area (Å²) >= 11 is 3.44. The molecule has 0 aliphatic rings. The maximum atomic E-state index is 5.96. The zero-order valence-electron chi connectivity index (χ0n) is 9.76. The van der Waals surface area contributed by atoms with Gasteiger partial charge in [-0.1, -0.05) is 26.2 Å². The van der Waals surface area contributed by atoms with Gasteiger partial charge in [0.1, 0.15) is 5.82 Å². The lowest BCUT2D eigenvalue weighted by atomic mass is 10.1. The molecule has 1 rings (SSSR count). The third-order valence-corrected chi connectivity index (χ3v) is 3.67. The van der Waals surface area contributed by atoms with Crippen molar-refractivity contribution >= 4 is 21.7 Å². The van der Waals surface area contributed by atoms with Crippen molar-refractivity contribution in [2.75, 3.05) is 5.73 Å². The molecule has 1 aromatic rings. The van der Waals surface area contributed by atoms with E-state index in [2.05, 4.69) is 34.9 Å². The largest absolute Gasteiger partial charge is 0.383 e. The lowest BCUT2D eigenvalue weighted by Crippen LogP contribution is -2.10. The Balaban J connectivity index is 2.65. The molecular formula is C11H20BrN3. The Morgan fingerprint density at radius 2 is 2.13 bits per heavy atom. The van der Waals surface area contributed by atoms with Gasteiger partial charge in [-0.2, -0.15) is 5.10 Å². The first-order chi connectivity index (χ1) is 7.07. The number of nitrogens with zero attached hydrogens (tertiary/aromatic N) is 2. The SMILES string of the molecule is CCCCCC(C)n1nc(C)c(Br)c1N. The highest BCUT2D eigenvalue weighted by Gasteiger charge is 2.14. The molecule has 0 aliphatic carbocycles. The second-order valence-corrected chi connectivity index (χ2v) is 4.87. The molecule has 15 heavy (non-hydrogen) atoms. The summed E-state index contributed by atoms with van der Waals surface area (Å²) in [5, 5.41) is 4.43. The van der Waals surface area contributed by atoms with Crippen LogP contribution in [0.4, 0.5) is 5.82 Å². The summed E-state index contributed by atoms with van der Waals surface area (Å²) in [6, 6.07) is 0.390. The fraction of sp³-hybridized carbons (Fsp3) is 0.727. The van der Waals surface area contributed by atoms with Crippen LogP contribution in [0.25, 0.3) is 0 Å². The molecule has 86 valence electrons. The van der Waals surface area contributed by atoms with E-state index >= 15 is 0 Å². The van der Waals surface area contributed by atoms with E-state index in [0.29, 0.717) is 6.04 Å². The van der Waals surface area contributed by atoms with Crippen LogP contribution in [0.2, 0.25) is 0 Å². The first-order valence-corrected chi connectivity index (χ1v) is 6.37. The monoisotopic (exact) mass is 273 g/mol.